The van der Waals surface area contributed by atoms with E-state index in [1.165, 1.54) is 31.2 Å². The van der Waals surface area contributed by atoms with Gasteiger partial charge in [0.25, 0.3) is 0 Å². The van der Waals surface area contributed by atoms with E-state index in [0.29, 0.717) is 5.92 Å². The van der Waals surface area contributed by atoms with Crippen molar-refractivity contribution in [3.63, 3.8) is 0 Å². The number of piperidine rings is 1. The largest absolute Gasteiger partial charge is 0.384 e. The summed E-state index contributed by atoms with van der Waals surface area (Å²) in [4.78, 5) is 13.9. The Kier molecular flexibility index (Phi) is 5.04. The Balaban J connectivity index is 1.52. The van der Waals surface area contributed by atoms with Crippen LogP contribution in [0.5, 0.6) is 0 Å². The molecule has 21 heavy (non-hydrogen) atoms. The van der Waals surface area contributed by atoms with Crippen molar-refractivity contribution in [2.45, 2.75) is 32.2 Å². The smallest absolute Gasteiger partial charge is 0.225 e. The number of likely N-dealkylation sites (tertiary alicyclic amines) is 1. The third kappa shape index (κ3) is 3.92. The zero-order valence-electron chi connectivity index (χ0n) is 13.0. The van der Waals surface area contributed by atoms with E-state index in [1.54, 1.807) is 7.11 Å². The van der Waals surface area contributed by atoms with Crippen LogP contribution in [0.3, 0.4) is 0 Å². The summed E-state index contributed by atoms with van der Waals surface area (Å²) in [7, 11) is 1.79. The van der Waals surface area contributed by atoms with Crippen LogP contribution in [0, 0.1) is 5.92 Å². The lowest BCUT2D eigenvalue weighted by atomic mass is 10.1. The lowest BCUT2D eigenvalue weighted by Gasteiger charge is -2.26. The lowest BCUT2D eigenvalue weighted by molar-refractivity contribution is 0.152. The summed E-state index contributed by atoms with van der Waals surface area (Å²) in [6.45, 7) is 6.32. The summed E-state index contributed by atoms with van der Waals surface area (Å²) >= 11 is 0. The number of rotatable bonds is 5. The van der Waals surface area contributed by atoms with Crippen LogP contribution in [0.4, 0.5) is 5.95 Å². The maximum absolute atomic E-state index is 5.25. The molecule has 5 heteroatoms. The molecule has 0 bridgehead atoms. The monoisotopic (exact) mass is 290 g/mol. The molecular formula is C16H26N4O. The average molecular weight is 290 g/mol. The van der Waals surface area contributed by atoms with E-state index in [-0.39, 0.29) is 0 Å². The number of hydrogen-bond acceptors (Lipinski definition) is 5. The molecule has 0 saturated carbocycles. The zero-order chi connectivity index (χ0) is 14.5. The highest BCUT2D eigenvalue weighted by Crippen LogP contribution is 2.19. The third-order valence-corrected chi connectivity index (χ3v) is 4.51. The highest BCUT2D eigenvalue weighted by atomic mass is 16.5. The minimum absolute atomic E-state index is 0.684. The molecule has 2 aliphatic rings. The maximum atomic E-state index is 5.25. The van der Waals surface area contributed by atoms with Crippen molar-refractivity contribution in [3.8, 4) is 0 Å². The van der Waals surface area contributed by atoms with Gasteiger partial charge in [-0.25, -0.2) is 9.97 Å². The molecule has 2 saturated heterocycles. The molecule has 0 amide bonds. The van der Waals surface area contributed by atoms with Gasteiger partial charge in [0, 0.05) is 51.2 Å². The summed E-state index contributed by atoms with van der Waals surface area (Å²) in [6, 6.07) is 0. The molecule has 0 N–H and O–H groups in total. The lowest BCUT2D eigenvalue weighted by Crippen LogP contribution is -2.31. The molecule has 116 valence electrons. The van der Waals surface area contributed by atoms with Gasteiger partial charge in [-0.1, -0.05) is 0 Å². The first-order valence-electron chi connectivity index (χ1n) is 8.12. The van der Waals surface area contributed by atoms with E-state index in [9.17, 15) is 0 Å². The van der Waals surface area contributed by atoms with Crippen molar-refractivity contribution in [1.82, 2.24) is 14.9 Å². The van der Waals surface area contributed by atoms with Crippen LogP contribution in [-0.4, -0.2) is 54.8 Å². The van der Waals surface area contributed by atoms with Crippen molar-refractivity contribution in [2.75, 3.05) is 44.8 Å². The quantitative estimate of drug-likeness (QED) is 0.829. The topological polar surface area (TPSA) is 41.5 Å². The van der Waals surface area contributed by atoms with Gasteiger partial charge in [0.2, 0.25) is 5.95 Å². The van der Waals surface area contributed by atoms with E-state index < -0.39 is 0 Å². The zero-order valence-corrected chi connectivity index (χ0v) is 13.0. The molecule has 0 spiro atoms. The fourth-order valence-corrected chi connectivity index (χ4v) is 3.37. The number of hydrogen-bond donors (Lipinski definition) is 0. The van der Waals surface area contributed by atoms with Gasteiger partial charge in [0.15, 0.2) is 0 Å². The van der Waals surface area contributed by atoms with Gasteiger partial charge in [0.05, 0.1) is 6.61 Å². The normalized spacial score (nSPS) is 23.7. The minimum Gasteiger partial charge on any atom is -0.384 e. The van der Waals surface area contributed by atoms with Gasteiger partial charge < -0.3 is 9.64 Å². The van der Waals surface area contributed by atoms with Crippen LogP contribution in [0.25, 0.3) is 0 Å². The summed E-state index contributed by atoms with van der Waals surface area (Å²) in [5, 5.41) is 0. The molecule has 2 aliphatic heterocycles. The van der Waals surface area contributed by atoms with E-state index >= 15 is 0 Å². The number of ether oxygens (including phenoxy) is 1. The first kappa shape index (κ1) is 14.7. The second-order valence-electron chi connectivity index (χ2n) is 6.28. The second kappa shape index (κ2) is 7.18. The van der Waals surface area contributed by atoms with Crippen molar-refractivity contribution in [1.29, 1.82) is 0 Å². The predicted molar refractivity (Wildman–Crippen MR) is 83.4 cm³/mol. The Morgan fingerprint density at radius 1 is 1.14 bits per heavy atom. The fourth-order valence-electron chi connectivity index (χ4n) is 3.37. The molecule has 0 radical (unpaired) electrons. The van der Waals surface area contributed by atoms with Crippen LogP contribution in [0.1, 0.15) is 31.2 Å². The van der Waals surface area contributed by atoms with Gasteiger partial charge in [-0.2, -0.15) is 0 Å². The molecule has 0 aromatic carbocycles. The summed E-state index contributed by atoms with van der Waals surface area (Å²) in [6.07, 6.45) is 9.10. The van der Waals surface area contributed by atoms with E-state index in [0.717, 1.165) is 45.3 Å². The number of aromatic nitrogens is 2. The minimum atomic E-state index is 0.684. The maximum Gasteiger partial charge on any atom is 0.225 e. The molecule has 0 unspecified atom stereocenters. The van der Waals surface area contributed by atoms with Crippen LogP contribution in [0.15, 0.2) is 12.4 Å². The second-order valence-corrected chi connectivity index (χ2v) is 6.28. The molecule has 2 fully saturated rings. The molecule has 3 heterocycles. The third-order valence-electron chi connectivity index (χ3n) is 4.51. The number of anilines is 1. The Bertz CT molecular complexity index is 430. The summed E-state index contributed by atoms with van der Waals surface area (Å²) in [5.74, 6) is 1.58. The van der Waals surface area contributed by atoms with Crippen molar-refractivity contribution >= 4 is 5.95 Å². The Morgan fingerprint density at radius 3 is 2.62 bits per heavy atom. The standard InChI is InChI=1S/C16H26N4O/c1-21-13-14-5-8-19(11-14)12-15-9-17-16(18-10-15)20-6-3-2-4-7-20/h9-10,14H,2-8,11-13H2,1H3/t14-/m0/s1. The van der Waals surface area contributed by atoms with E-state index in [4.69, 9.17) is 4.74 Å². The van der Waals surface area contributed by atoms with Crippen molar-refractivity contribution < 1.29 is 4.74 Å². The van der Waals surface area contributed by atoms with E-state index in [2.05, 4.69) is 19.8 Å². The highest BCUT2D eigenvalue weighted by Gasteiger charge is 2.22. The van der Waals surface area contributed by atoms with Gasteiger partial charge in [-0.15, -0.1) is 0 Å². The molecule has 5 nitrogen and oxygen atoms in total. The average Bonchev–Trinajstić information content (AvgIpc) is 2.97. The number of methoxy groups -OCH3 is 1. The fraction of sp³-hybridized carbons (Fsp3) is 0.750. The SMILES string of the molecule is COC[C@H]1CCN(Cc2cnc(N3CCCCC3)nc2)C1. The van der Waals surface area contributed by atoms with Gasteiger partial charge in [-0.3, -0.25) is 4.90 Å². The summed E-state index contributed by atoms with van der Waals surface area (Å²) in [5.41, 5.74) is 1.22. The molecule has 1 aromatic rings. The van der Waals surface area contributed by atoms with E-state index in [1.807, 2.05) is 12.4 Å². The predicted octanol–water partition coefficient (Wildman–Crippen LogP) is 1.94. The number of nitrogens with zero attached hydrogens (tertiary/aromatic N) is 4. The molecule has 1 aromatic heterocycles. The Morgan fingerprint density at radius 2 is 1.90 bits per heavy atom. The Labute approximate surface area is 127 Å². The van der Waals surface area contributed by atoms with Crippen molar-refractivity contribution in [2.24, 2.45) is 5.92 Å². The van der Waals surface area contributed by atoms with Crippen LogP contribution in [-0.2, 0) is 11.3 Å². The van der Waals surface area contributed by atoms with Crippen molar-refractivity contribution in [3.05, 3.63) is 18.0 Å². The van der Waals surface area contributed by atoms with Crippen LogP contribution in [0.2, 0.25) is 0 Å². The molecule has 1 atom stereocenters. The molecule has 0 aliphatic carbocycles. The summed E-state index contributed by atoms with van der Waals surface area (Å²) < 4.78 is 5.25. The van der Waals surface area contributed by atoms with Crippen LogP contribution >= 0.6 is 0 Å². The Hall–Kier alpha value is -1.20. The first-order valence-corrected chi connectivity index (χ1v) is 8.12. The van der Waals surface area contributed by atoms with Gasteiger partial charge in [-0.05, 0) is 38.1 Å². The highest BCUT2D eigenvalue weighted by molar-refractivity contribution is 5.30. The molecular weight excluding hydrogens is 264 g/mol. The van der Waals surface area contributed by atoms with Gasteiger partial charge >= 0.3 is 0 Å². The molecule has 3 rings (SSSR count). The van der Waals surface area contributed by atoms with Crippen LogP contribution < -0.4 is 4.90 Å². The first-order chi connectivity index (χ1) is 10.3. The van der Waals surface area contributed by atoms with Gasteiger partial charge in [0.1, 0.15) is 0 Å².